The van der Waals surface area contributed by atoms with Gasteiger partial charge in [0.25, 0.3) is 0 Å². The van der Waals surface area contributed by atoms with E-state index in [0.29, 0.717) is 12.8 Å². The van der Waals surface area contributed by atoms with Gasteiger partial charge in [-0.25, -0.2) is 0 Å². The van der Waals surface area contributed by atoms with Crippen molar-refractivity contribution in [2.24, 2.45) is 0 Å². The Kier molecular flexibility index (Phi) is 40.4. The standard InChI is InChI=1S/C44H86O5/c1-3-5-7-9-11-13-15-17-19-21-22-23-25-27-29-31-33-35-37-39-44(47)49-42(40-45)41-48-43(46)38-36-34-32-30-28-26-24-20-18-16-14-12-10-8-6-4-2/h42,45H,3-41H2,1-2H3/t42-/m0/s1. The molecule has 0 aliphatic carbocycles. The molecule has 0 rings (SSSR count). The van der Waals surface area contributed by atoms with Crippen molar-refractivity contribution in [2.45, 2.75) is 258 Å². The molecule has 0 unspecified atom stereocenters. The highest BCUT2D eigenvalue weighted by Crippen LogP contribution is 2.16. The van der Waals surface area contributed by atoms with Gasteiger partial charge in [-0.15, -0.1) is 0 Å². The molecule has 0 aromatic carbocycles. The smallest absolute Gasteiger partial charge is 0.306 e. The molecule has 0 saturated heterocycles. The van der Waals surface area contributed by atoms with Crippen LogP contribution in [-0.2, 0) is 19.1 Å². The highest BCUT2D eigenvalue weighted by Gasteiger charge is 2.16. The third-order valence-electron chi connectivity index (χ3n) is 10.2. The fourth-order valence-corrected chi connectivity index (χ4v) is 6.79. The van der Waals surface area contributed by atoms with Crippen LogP contribution in [0, 0.1) is 0 Å². The van der Waals surface area contributed by atoms with E-state index in [4.69, 9.17) is 9.47 Å². The van der Waals surface area contributed by atoms with Gasteiger partial charge in [0.2, 0.25) is 0 Å². The minimum Gasteiger partial charge on any atom is -0.462 e. The number of esters is 2. The number of rotatable bonds is 41. The number of unbranched alkanes of at least 4 members (excludes halogenated alkanes) is 33. The number of aliphatic hydroxyl groups is 1. The van der Waals surface area contributed by atoms with Gasteiger partial charge in [-0.1, -0.05) is 226 Å². The molecular weight excluding hydrogens is 608 g/mol. The van der Waals surface area contributed by atoms with Crippen LogP contribution >= 0.6 is 0 Å². The molecule has 0 heterocycles. The average molecular weight is 695 g/mol. The van der Waals surface area contributed by atoms with Crippen molar-refractivity contribution in [1.82, 2.24) is 0 Å². The number of ether oxygens (including phenoxy) is 2. The Hall–Kier alpha value is -1.10. The van der Waals surface area contributed by atoms with Crippen LogP contribution in [0.15, 0.2) is 0 Å². The van der Waals surface area contributed by atoms with Gasteiger partial charge < -0.3 is 14.6 Å². The summed E-state index contributed by atoms with van der Waals surface area (Å²) in [5, 5.41) is 9.58. The molecule has 0 spiro atoms. The normalized spacial score (nSPS) is 12.0. The number of hydrogen-bond acceptors (Lipinski definition) is 5. The van der Waals surface area contributed by atoms with Crippen molar-refractivity contribution >= 4 is 11.9 Å². The molecule has 0 fully saturated rings. The zero-order chi connectivity index (χ0) is 35.7. The van der Waals surface area contributed by atoms with Crippen LogP contribution in [0.3, 0.4) is 0 Å². The molecule has 0 aromatic rings. The summed E-state index contributed by atoms with van der Waals surface area (Å²) >= 11 is 0. The van der Waals surface area contributed by atoms with Gasteiger partial charge in [0.15, 0.2) is 6.10 Å². The lowest BCUT2D eigenvalue weighted by atomic mass is 10.0. The first-order chi connectivity index (χ1) is 24.1. The molecule has 0 radical (unpaired) electrons. The van der Waals surface area contributed by atoms with Gasteiger partial charge in [0, 0.05) is 12.8 Å². The number of hydrogen-bond donors (Lipinski definition) is 1. The summed E-state index contributed by atoms with van der Waals surface area (Å²) in [7, 11) is 0. The molecule has 5 nitrogen and oxygen atoms in total. The minimum atomic E-state index is -0.762. The zero-order valence-corrected chi connectivity index (χ0v) is 33.2. The predicted octanol–water partition coefficient (Wildman–Crippen LogP) is 13.9. The molecular formula is C44H86O5. The van der Waals surface area contributed by atoms with Gasteiger partial charge in [-0.3, -0.25) is 9.59 Å². The van der Waals surface area contributed by atoms with Gasteiger partial charge in [0.1, 0.15) is 6.61 Å². The molecule has 0 aromatic heterocycles. The second kappa shape index (κ2) is 41.3. The van der Waals surface area contributed by atoms with Crippen LogP contribution in [-0.4, -0.2) is 36.4 Å². The first-order valence-electron chi connectivity index (χ1n) is 22.1. The second-order valence-corrected chi connectivity index (χ2v) is 15.1. The van der Waals surface area contributed by atoms with Crippen LogP contribution in [0.4, 0.5) is 0 Å². The Bertz CT molecular complexity index is 666. The maximum atomic E-state index is 12.2. The molecule has 1 atom stereocenters. The van der Waals surface area contributed by atoms with Crippen molar-refractivity contribution in [2.75, 3.05) is 13.2 Å². The zero-order valence-electron chi connectivity index (χ0n) is 33.2. The minimum absolute atomic E-state index is 0.0564. The fourth-order valence-electron chi connectivity index (χ4n) is 6.79. The van der Waals surface area contributed by atoms with Crippen LogP contribution in [0.1, 0.15) is 251 Å². The summed E-state index contributed by atoms with van der Waals surface area (Å²) in [6.07, 6.45) is 46.0. The fraction of sp³-hybridized carbons (Fsp3) is 0.955. The third kappa shape index (κ3) is 39.5. The largest absolute Gasteiger partial charge is 0.462 e. The lowest BCUT2D eigenvalue weighted by molar-refractivity contribution is -0.161. The summed E-state index contributed by atoms with van der Waals surface area (Å²) in [4.78, 5) is 24.3. The summed E-state index contributed by atoms with van der Waals surface area (Å²) < 4.78 is 10.6. The van der Waals surface area contributed by atoms with Crippen LogP contribution in [0.2, 0.25) is 0 Å². The van der Waals surface area contributed by atoms with Crippen molar-refractivity contribution in [3.63, 3.8) is 0 Å². The Labute approximate surface area is 306 Å². The van der Waals surface area contributed by atoms with E-state index in [-0.39, 0.29) is 25.2 Å². The van der Waals surface area contributed by atoms with Crippen LogP contribution < -0.4 is 0 Å². The monoisotopic (exact) mass is 695 g/mol. The number of carbonyl (C=O) groups is 2. The van der Waals surface area contributed by atoms with Gasteiger partial charge in [-0.05, 0) is 12.8 Å². The van der Waals surface area contributed by atoms with E-state index >= 15 is 0 Å². The van der Waals surface area contributed by atoms with Crippen molar-refractivity contribution in [3.05, 3.63) is 0 Å². The van der Waals surface area contributed by atoms with E-state index in [1.807, 2.05) is 0 Å². The summed E-state index contributed by atoms with van der Waals surface area (Å²) in [5.74, 6) is -0.571. The maximum Gasteiger partial charge on any atom is 0.306 e. The molecule has 1 N–H and O–H groups in total. The van der Waals surface area contributed by atoms with E-state index in [1.165, 1.54) is 193 Å². The van der Waals surface area contributed by atoms with Crippen LogP contribution in [0.25, 0.3) is 0 Å². The van der Waals surface area contributed by atoms with Crippen molar-refractivity contribution in [3.8, 4) is 0 Å². The van der Waals surface area contributed by atoms with Gasteiger partial charge >= 0.3 is 11.9 Å². The number of aliphatic hydroxyl groups excluding tert-OH is 1. The predicted molar refractivity (Wildman–Crippen MR) is 210 cm³/mol. The first kappa shape index (κ1) is 47.9. The van der Waals surface area contributed by atoms with E-state index in [1.54, 1.807) is 0 Å². The summed E-state index contributed by atoms with van der Waals surface area (Å²) in [6, 6.07) is 0. The third-order valence-corrected chi connectivity index (χ3v) is 10.2. The molecule has 0 amide bonds. The topological polar surface area (TPSA) is 72.8 Å². The van der Waals surface area contributed by atoms with E-state index in [9.17, 15) is 14.7 Å². The van der Waals surface area contributed by atoms with E-state index < -0.39 is 6.10 Å². The highest BCUT2D eigenvalue weighted by atomic mass is 16.6. The SMILES string of the molecule is CCCCCCCCCCCCCCCCCCCCCC(=O)O[C@@H](CO)COC(=O)CCCCCCCCCCCCCCCCCC. The Balaban J connectivity index is 3.46. The Morgan fingerprint density at radius 2 is 0.633 bits per heavy atom. The average Bonchev–Trinajstić information content (AvgIpc) is 3.10. The molecule has 49 heavy (non-hydrogen) atoms. The van der Waals surface area contributed by atoms with Crippen LogP contribution in [0.5, 0.6) is 0 Å². The molecule has 0 saturated carbocycles. The van der Waals surface area contributed by atoms with E-state index in [0.717, 1.165) is 32.1 Å². The first-order valence-corrected chi connectivity index (χ1v) is 22.1. The summed E-state index contributed by atoms with van der Waals surface area (Å²) in [6.45, 7) is 4.18. The second-order valence-electron chi connectivity index (χ2n) is 15.1. The lowest BCUT2D eigenvalue weighted by Gasteiger charge is -2.15. The van der Waals surface area contributed by atoms with Gasteiger partial charge in [-0.2, -0.15) is 0 Å². The summed E-state index contributed by atoms with van der Waals surface area (Å²) in [5.41, 5.74) is 0. The Morgan fingerprint density at radius 1 is 0.388 bits per heavy atom. The molecule has 0 aliphatic heterocycles. The number of carbonyl (C=O) groups excluding carboxylic acids is 2. The molecule has 292 valence electrons. The molecule has 0 aliphatic rings. The quantitative estimate of drug-likeness (QED) is 0.0509. The van der Waals surface area contributed by atoms with Gasteiger partial charge in [0.05, 0.1) is 6.61 Å². The molecule has 5 heteroatoms. The van der Waals surface area contributed by atoms with E-state index in [2.05, 4.69) is 13.8 Å². The maximum absolute atomic E-state index is 12.2. The lowest BCUT2D eigenvalue weighted by Crippen LogP contribution is -2.28. The highest BCUT2D eigenvalue weighted by molar-refractivity contribution is 5.70. The van der Waals surface area contributed by atoms with Crippen molar-refractivity contribution < 1.29 is 24.2 Å². The van der Waals surface area contributed by atoms with Crippen molar-refractivity contribution in [1.29, 1.82) is 0 Å². The molecule has 0 bridgehead atoms. The Morgan fingerprint density at radius 3 is 0.898 bits per heavy atom.